The highest BCUT2D eigenvalue weighted by Crippen LogP contribution is 2.24. The van der Waals surface area contributed by atoms with Crippen molar-refractivity contribution in [3.8, 4) is 5.75 Å². The van der Waals surface area contributed by atoms with E-state index in [-0.39, 0.29) is 12.5 Å². The van der Waals surface area contributed by atoms with Crippen molar-refractivity contribution in [2.24, 2.45) is 5.10 Å². The number of carbonyl (C=O) groups excluding carboxylic acids is 1. The Balaban J connectivity index is 1.53. The average molecular weight is 418 g/mol. The number of ether oxygens (including phenoxy) is 1. The molecule has 0 saturated heterocycles. The fourth-order valence-electron chi connectivity index (χ4n) is 2.19. The third-order valence-corrected chi connectivity index (χ3v) is 4.16. The van der Waals surface area contributed by atoms with Crippen LogP contribution in [0.4, 0.5) is 0 Å². The molecule has 126 valence electrons. The highest BCUT2D eigenvalue weighted by Gasteiger charge is 2.03. The summed E-state index contributed by atoms with van der Waals surface area (Å²) in [6.07, 6.45) is 1.54. The van der Waals surface area contributed by atoms with Crippen molar-refractivity contribution in [1.29, 1.82) is 0 Å². The lowest BCUT2D eigenvalue weighted by Crippen LogP contribution is -2.24. The monoisotopic (exact) mass is 416 g/mol. The summed E-state index contributed by atoms with van der Waals surface area (Å²) in [5.74, 6) is 0.299. The molecule has 0 aliphatic heterocycles. The van der Waals surface area contributed by atoms with Gasteiger partial charge in [0.05, 0.1) is 6.21 Å². The molecule has 0 saturated carbocycles. The van der Waals surface area contributed by atoms with E-state index in [4.69, 9.17) is 16.3 Å². The number of hydrogen-bond donors (Lipinski definition) is 1. The van der Waals surface area contributed by atoms with Gasteiger partial charge in [-0.1, -0.05) is 51.8 Å². The second kappa shape index (κ2) is 8.14. The topological polar surface area (TPSA) is 50.7 Å². The van der Waals surface area contributed by atoms with E-state index in [2.05, 4.69) is 26.5 Å². The van der Waals surface area contributed by atoms with Crippen LogP contribution in [0.5, 0.6) is 5.75 Å². The van der Waals surface area contributed by atoms with E-state index in [0.29, 0.717) is 10.8 Å². The van der Waals surface area contributed by atoms with Crippen molar-refractivity contribution in [2.75, 3.05) is 6.61 Å². The number of amides is 1. The Morgan fingerprint density at radius 1 is 1.08 bits per heavy atom. The van der Waals surface area contributed by atoms with Gasteiger partial charge in [-0.25, -0.2) is 5.43 Å². The zero-order valence-electron chi connectivity index (χ0n) is 13.1. The van der Waals surface area contributed by atoms with Crippen LogP contribution in [0.1, 0.15) is 5.56 Å². The van der Waals surface area contributed by atoms with Crippen molar-refractivity contribution in [3.63, 3.8) is 0 Å². The summed E-state index contributed by atoms with van der Waals surface area (Å²) in [6.45, 7) is -0.111. The number of rotatable bonds is 5. The normalized spacial score (nSPS) is 11.0. The van der Waals surface area contributed by atoms with Crippen LogP contribution in [0.3, 0.4) is 0 Å². The van der Waals surface area contributed by atoms with Gasteiger partial charge >= 0.3 is 0 Å². The van der Waals surface area contributed by atoms with Gasteiger partial charge in [-0.05, 0) is 52.7 Å². The maximum atomic E-state index is 11.8. The molecule has 0 spiro atoms. The predicted molar refractivity (Wildman–Crippen MR) is 104 cm³/mol. The van der Waals surface area contributed by atoms with Gasteiger partial charge in [-0.15, -0.1) is 0 Å². The predicted octanol–water partition coefficient (Wildman–Crippen LogP) is 4.78. The Labute approximate surface area is 158 Å². The Kier molecular flexibility index (Phi) is 5.68. The molecule has 6 heteroatoms. The second-order valence-corrected chi connectivity index (χ2v) is 6.64. The molecule has 1 amide bonds. The highest BCUT2D eigenvalue weighted by molar-refractivity contribution is 9.10. The van der Waals surface area contributed by atoms with E-state index in [9.17, 15) is 4.79 Å². The molecule has 0 unspecified atom stereocenters. The Hall–Kier alpha value is -2.37. The van der Waals surface area contributed by atoms with Crippen LogP contribution >= 0.6 is 27.5 Å². The van der Waals surface area contributed by atoms with Gasteiger partial charge in [-0.2, -0.15) is 5.10 Å². The van der Waals surface area contributed by atoms with E-state index in [1.165, 1.54) is 0 Å². The minimum atomic E-state index is -0.332. The maximum Gasteiger partial charge on any atom is 0.277 e. The van der Waals surface area contributed by atoms with Crippen LogP contribution in [-0.2, 0) is 4.79 Å². The lowest BCUT2D eigenvalue weighted by atomic mass is 10.1. The summed E-state index contributed by atoms with van der Waals surface area (Å²) in [5, 5.41) is 6.68. The maximum absolute atomic E-state index is 11.8. The average Bonchev–Trinajstić information content (AvgIpc) is 2.61. The summed E-state index contributed by atoms with van der Waals surface area (Å²) < 4.78 is 6.53. The van der Waals surface area contributed by atoms with Crippen molar-refractivity contribution in [1.82, 2.24) is 5.43 Å². The quantitative estimate of drug-likeness (QED) is 0.479. The van der Waals surface area contributed by atoms with Gasteiger partial charge in [0.1, 0.15) is 5.75 Å². The summed E-state index contributed by atoms with van der Waals surface area (Å²) in [5.41, 5.74) is 3.27. The van der Waals surface area contributed by atoms with Crippen LogP contribution in [0.15, 0.2) is 70.2 Å². The number of carbonyl (C=O) groups is 1. The molecule has 0 radical (unpaired) electrons. The number of halogens is 2. The first-order chi connectivity index (χ1) is 12.1. The van der Waals surface area contributed by atoms with Crippen LogP contribution in [0.2, 0.25) is 5.02 Å². The Morgan fingerprint density at radius 2 is 1.80 bits per heavy atom. The molecule has 3 rings (SSSR count). The first-order valence-electron chi connectivity index (χ1n) is 7.50. The van der Waals surface area contributed by atoms with Gasteiger partial charge in [0.15, 0.2) is 6.61 Å². The molecule has 0 heterocycles. The van der Waals surface area contributed by atoms with Crippen LogP contribution in [-0.4, -0.2) is 18.7 Å². The first kappa shape index (κ1) is 17.5. The molecule has 0 atom stereocenters. The zero-order valence-corrected chi connectivity index (χ0v) is 15.4. The molecular weight excluding hydrogens is 404 g/mol. The number of fused-ring (bicyclic) bond motifs is 1. The summed E-state index contributed by atoms with van der Waals surface area (Å²) in [7, 11) is 0. The van der Waals surface area contributed by atoms with Crippen molar-refractivity contribution in [2.45, 2.75) is 0 Å². The van der Waals surface area contributed by atoms with Gasteiger partial charge < -0.3 is 4.74 Å². The molecule has 1 N–H and O–H groups in total. The number of hydrazone groups is 1. The number of hydrogen-bond acceptors (Lipinski definition) is 3. The molecule has 25 heavy (non-hydrogen) atoms. The van der Waals surface area contributed by atoms with Crippen LogP contribution < -0.4 is 10.2 Å². The number of nitrogens with one attached hydrogen (secondary N) is 1. The van der Waals surface area contributed by atoms with Gasteiger partial charge in [-0.3, -0.25) is 4.79 Å². The molecule has 4 nitrogen and oxygen atoms in total. The lowest BCUT2D eigenvalue weighted by molar-refractivity contribution is -0.123. The molecule has 0 fully saturated rings. The van der Waals surface area contributed by atoms with E-state index in [0.717, 1.165) is 20.8 Å². The molecule has 0 aliphatic rings. The third-order valence-electron chi connectivity index (χ3n) is 3.42. The van der Waals surface area contributed by atoms with Crippen molar-refractivity contribution < 1.29 is 9.53 Å². The standard InChI is InChI=1S/C19H14BrClN2O2/c20-16-5-3-15-10-18(8-4-14(15)9-16)25-12-19(24)23-22-11-13-1-6-17(21)7-2-13/h1-11H,12H2,(H,23,24). The van der Waals surface area contributed by atoms with Crippen molar-refractivity contribution >= 4 is 50.4 Å². The molecule has 0 aromatic heterocycles. The number of benzene rings is 3. The lowest BCUT2D eigenvalue weighted by Gasteiger charge is -2.06. The highest BCUT2D eigenvalue weighted by atomic mass is 79.9. The number of nitrogens with zero attached hydrogens (tertiary/aromatic N) is 1. The minimum Gasteiger partial charge on any atom is -0.484 e. The van der Waals surface area contributed by atoms with Crippen LogP contribution in [0.25, 0.3) is 10.8 Å². The minimum absolute atomic E-state index is 0.111. The van der Waals surface area contributed by atoms with E-state index >= 15 is 0 Å². The molecule has 3 aromatic rings. The Morgan fingerprint density at radius 3 is 2.60 bits per heavy atom. The van der Waals surface area contributed by atoms with Gasteiger partial charge in [0, 0.05) is 9.50 Å². The summed E-state index contributed by atoms with van der Waals surface area (Å²) in [6, 6.07) is 18.8. The zero-order chi connectivity index (χ0) is 17.6. The van der Waals surface area contributed by atoms with Crippen LogP contribution in [0, 0.1) is 0 Å². The van der Waals surface area contributed by atoms with E-state index in [1.807, 2.05) is 48.5 Å². The molecule has 0 bridgehead atoms. The van der Waals surface area contributed by atoms with E-state index in [1.54, 1.807) is 18.3 Å². The SMILES string of the molecule is O=C(COc1ccc2cc(Br)ccc2c1)NN=Cc1ccc(Cl)cc1. The fourth-order valence-corrected chi connectivity index (χ4v) is 2.70. The first-order valence-corrected chi connectivity index (χ1v) is 8.67. The van der Waals surface area contributed by atoms with Gasteiger partial charge in [0.2, 0.25) is 0 Å². The van der Waals surface area contributed by atoms with Gasteiger partial charge in [0.25, 0.3) is 5.91 Å². The molecule has 0 aliphatic carbocycles. The smallest absolute Gasteiger partial charge is 0.277 e. The molecule has 3 aromatic carbocycles. The van der Waals surface area contributed by atoms with E-state index < -0.39 is 0 Å². The fraction of sp³-hybridized carbons (Fsp3) is 0.0526. The summed E-state index contributed by atoms with van der Waals surface area (Å²) >= 11 is 9.25. The third kappa shape index (κ3) is 5.05. The Bertz CT molecular complexity index is 926. The summed E-state index contributed by atoms with van der Waals surface area (Å²) in [4.78, 5) is 11.8. The van der Waals surface area contributed by atoms with Crippen molar-refractivity contribution in [3.05, 3.63) is 75.7 Å². The largest absolute Gasteiger partial charge is 0.484 e. The second-order valence-electron chi connectivity index (χ2n) is 5.29. The molecular formula is C19H14BrClN2O2.